The van der Waals surface area contributed by atoms with Crippen LogP contribution in [0.2, 0.25) is 0 Å². The minimum absolute atomic E-state index is 0.162. The maximum Gasteiger partial charge on any atom is 0.0871 e. The van der Waals surface area contributed by atoms with Gasteiger partial charge in [0, 0.05) is 13.1 Å². The SMILES string of the molecule is CC1(ON2CCCCC2)CCCCC1. The molecule has 0 N–H and O–H groups in total. The van der Waals surface area contributed by atoms with E-state index in [0.29, 0.717) is 0 Å². The largest absolute Gasteiger partial charge is 0.293 e. The number of hydrogen-bond donors (Lipinski definition) is 0. The molecular formula is C12H23NO. The highest BCUT2D eigenvalue weighted by Crippen LogP contribution is 2.32. The molecule has 2 rings (SSSR count). The first-order valence-corrected chi connectivity index (χ1v) is 6.23. The fourth-order valence-corrected chi connectivity index (χ4v) is 2.66. The van der Waals surface area contributed by atoms with Crippen molar-refractivity contribution < 1.29 is 4.84 Å². The number of rotatable bonds is 2. The monoisotopic (exact) mass is 197 g/mol. The van der Waals surface area contributed by atoms with Crippen LogP contribution in [0.3, 0.4) is 0 Å². The summed E-state index contributed by atoms with van der Waals surface area (Å²) in [6, 6.07) is 0. The molecule has 0 atom stereocenters. The Morgan fingerprint density at radius 2 is 1.43 bits per heavy atom. The van der Waals surface area contributed by atoms with E-state index in [1.54, 1.807) is 0 Å². The molecule has 2 fully saturated rings. The molecule has 0 unspecified atom stereocenters. The van der Waals surface area contributed by atoms with Gasteiger partial charge in [-0.05, 0) is 32.6 Å². The van der Waals surface area contributed by atoms with Crippen LogP contribution in [0.1, 0.15) is 58.3 Å². The van der Waals surface area contributed by atoms with Crippen LogP contribution < -0.4 is 0 Å². The summed E-state index contributed by atoms with van der Waals surface area (Å²) >= 11 is 0. The third kappa shape index (κ3) is 2.71. The van der Waals surface area contributed by atoms with Crippen LogP contribution in [0.25, 0.3) is 0 Å². The number of hydrogen-bond acceptors (Lipinski definition) is 2. The van der Waals surface area contributed by atoms with E-state index in [2.05, 4.69) is 12.0 Å². The van der Waals surface area contributed by atoms with Gasteiger partial charge in [-0.15, -0.1) is 0 Å². The van der Waals surface area contributed by atoms with Gasteiger partial charge in [-0.2, -0.15) is 5.06 Å². The van der Waals surface area contributed by atoms with Gasteiger partial charge in [-0.1, -0.05) is 25.7 Å². The van der Waals surface area contributed by atoms with Crippen LogP contribution in [0.4, 0.5) is 0 Å². The summed E-state index contributed by atoms with van der Waals surface area (Å²) in [6.07, 6.45) is 10.6. The van der Waals surface area contributed by atoms with Gasteiger partial charge in [0.05, 0.1) is 5.60 Å². The second kappa shape index (κ2) is 4.63. The molecule has 0 amide bonds. The van der Waals surface area contributed by atoms with E-state index < -0.39 is 0 Å². The lowest BCUT2D eigenvalue weighted by Crippen LogP contribution is -2.41. The van der Waals surface area contributed by atoms with Crippen LogP contribution >= 0.6 is 0 Å². The lowest BCUT2D eigenvalue weighted by molar-refractivity contribution is -0.256. The first-order chi connectivity index (χ1) is 6.79. The van der Waals surface area contributed by atoms with Crippen molar-refractivity contribution in [1.29, 1.82) is 0 Å². The molecule has 1 saturated carbocycles. The Morgan fingerprint density at radius 1 is 0.857 bits per heavy atom. The molecule has 0 aromatic carbocycles. The zero-order valence-corrected chi connectivity index (χ0v) is 9.43. The normalized spacial score (nSPS) is 28.9. The molecule has 1 saturated heterocycles. The first-order valence-electron chi connectivity index (χ1n) is 6.23. The number of nitrogens with zero attached hydrogens (tertiary/aromatic N) is 1. The van der Waals surface area contributed by atoms with Gasteiger partial charge >= 0.3 is 0 Å². The van der Waals surface area contributed by atoms with E-state index in [-0.39, 0.29) is 5.60 Å². The van der Waals surface area contributed by atoms with Crippen molar-refractivity contribution in [1.82, 2.24) is 5.06 Å². The molecule has 1 aliphatic carbocycles. The summed E-state index contributed by atoms with van der Waals surface area (Å²) in [5.74, 6) is 0. The summed E-state index contributed by atoms with van der Waals surface area (Å²) in [5.41, 5.74) is 0.162. The van der Waals surface area contributed by atoms with Crippen molar-refractivity contribution in [3.05, 3.63) is 0 Å². The van der Waals surface area contributed by atoms with Gasteiger partial charge in [-0.3, -0.25) is 4.84 Å². The number of hydroxylamine groups is 2. The average Bonchev–Trinajstić information content (AvgIpc) is 2.19. The highest BCUT2D eigenvalue weighted by Gasteiger charge is 2.30. The van der Waals surface area contributed by atoms with Crippen molar-refractivity contribution in [3.8, 4) is 0 Å². The third-order valence-electron chi connectivity index (χ3n) is 3.58. The molecule has 0 aromatic rings. The predicted octanol–water partition coefficient (Wildman–Crippen LogP) is 3.13. The number of piperidine rings is 1. The topological polar surface area (TPSA) is 12.5 Å². The molecule has 2 aliphatic rings. The molecule has 82 valence electrons. The van der Waals surface area contributed by atoms with E-state index in [0.717, 1.165) is 13.1 Å². The smallest absolute Gasteiger partial charge is 0.0871 e. The van der Waals surface area contributed by atoms with Crippen LogP contribution in [0.15, 0.2) is 0 Å². The third-order valence-corrected chi connectivity index (χ3v) is 3.58. The van der Waals surface area contributed by atoms with Crippen LogP contribution in [-0.4, -0.2) is 23.8 Å². The Morgan fingerprint density at radius 3 is 2.07 bits per heavy atom. The Kier molecular flexibility index (Phi) is 3.45. The minimum atomic E-state index is 0.162. The quantitative estimate of drug-likeness (QED) is 0.674. The molecule has 0 aromatic heterocycles. The van der Waals surface area contributed by atoms with E-state index in [9.17, 15) is 0 Å². The molecule has 2 heteroatoms. The fraction of sp³-hybridized carbons (Fsp3) is 1.00. The molecule has 2 nitrogen and oxygen atoms in total. The molecule has 1 aliphatic heterocycles. The van der Waals surface area contributed by atoms with Gasteiger partial charge in [0.25, 0.3) is 0 Å². The van der Waals surface area contributed by atoms with Crippen molar-refractivity contribution in [2.45, 2.75) is 63.9 Å². The van der Waals surface area contributed by atoms with E-state index >= 15 is 0 Å². The van der Waals surface area contributed by atoms with Gasteiger partial charge in [0.15, 0.2) is 0 Å². The Hall–Kier alpha value is -0.0800. The van der Waals surface area contributed by atoms with Crippen molar-refractivity contribution >= 4 is 0 Å². The average molecular weight is 197 g/mol. The zero-order chi connectivity index (χ0) is 9.86. The first kappa shape index (κ1) is 10.4. The van der Waals surface area contributed by atoms with Crippen molar-refractivity contribution in [3.63, 3.8) is 0 Å². The summed E-state index contributed by atoms with van der Waals surface area (Å²) in [6.45, 7) is 4.59. The maximum atomic E-state index is 6.15. The second-order valence-corrected chi connectivity index (χ2v) is 5.09. The van der Waals surface area contributed by atoms with Gasteiger partial charge in [0.1, 0.15) is 0 Å². The summed E-state index contributed by atoms with van der Waals surface area (Å²) in [7, 11) is 0. The van der Waals surface area contributed by atoms with E-state index in [1.165, 1.54) is 51.4 Å². The zero-order valence-electron chi connectivity index (χ0n) is 9.43. The molecule has 14 heavy (non-hydrogen) atoms. The van der Waals surface area contributed by atoms with Gasteiger partial charge in [0.2, 0.25) is 0 Å². The molecule has 0 spiro atoms. The lowest BCUT2D eigenvalue weighted by Gasteiger charge is -2.39. The van der Waals surface area contributed by atoms with E-state index in [1.807, 2.05) is 0 Å². The summed E-state index contributed by atoms with van der Waals surface area (Å²) < 4.78 is 0. The van der Waals surface area contributed by atoms with E-state index in [4.69, 9.17) is 4.84 Å². The fourth-order valence-electron chi connectivity index (χ4n) is 2.66. The molecular weight excluding hydrogens is 174 g/mol. The standard InChI is InChI=1S/C12H23NO/c1-12(8-4-2-5-9-12)14-13-10-6-3-7-11-13/h2-11H2,1H3. The summed E-state index contributed by atoms with van der Waals surface area (Å²) in [4.78, 5) is 6.15. The highest BCUT2D eigenvalue weighted by molar-refractivity contribution is 4.79. The Labute approximate surface area is 87.6 Å². The Bertz CT molecular complexity index is 169. The molecule has 0 bridgehead atoms. The molecule has 1 heterocycles. The predicted molar refractivity (Wildman–Crippen MR) is 58.0 cm³/mol. The highest BCUT2D eigenvalue weighted by atomic mass is 16.7. The van der Waals surface area contributed by atoms with Gasteiger partial charge < -0.3 is 0 Å². The van der Waals surface area contributed by atoms with Crippen LogP contribution in [-0.2, 0) is 4.84 Å². The lowest BCUT2D eigenvalue weighted by atomic mass is 9.86. The van der Waals surface area contributed by atoms with Gasteiger partial charge in [-0.25, -0.2) is 0 Å². The second-order valence-electron chi connectivity index (χ2n) is 5.09. The van der Waals surface area contributed by atoms with Crippen LogP contribution in [0.5, 0.6) is 0 Å². The molecule has 0 radical (unpaired) electrons. The van der Waals surface area contributed by atoms with Crippen molar-refractivity contribution in [2.24, 2.45) is 0 Å². The maximum absolute atomic E-state index is 6.15. The summed E-state index contributed by atoms with van der Waals surface area (Å²) in [5, 5.41) is 2.22. The van der Waals surface area contributed by atoms with Crippen molar-refractivity contribution in [2.75, 3.05) is 13.1 Å². The minimum Gasteiger partial charge on any atom is -0.293 e. The van der Waals surface area contributed by atoms with Crippen LogP contribution in [0, 0.1) is 0 Å². The Balaban J connectivity index is 1.81.